The number of hydrogen-bond donors (Lipinski definition) is 3. The molecule has 4 N–H and O–H groups in total. The van der Waals surface area contributed by atoms with Gasteiger partial charge in [-0.1, -0.05) is 11.3 Å². The average molecular weight is 289 g/mol. The number of nitrogens with two attached hydrogens (primary N) is 1. The minimum atomic E-state index is -0.695. The highest BCUT2D eigenvalue weighted by molar-refractivity contribution is 7.18. The van der Waals surface area contributed by atoms with Crippen LogP contribution in [0.5, 0.6) is 0 Å². The summed E-state index contributed by atoms with van der Waals surface area (Å²) < 4.78 is 0. The third-order valence-corrected chi connectivity index (χ3v) is 3.96. The van der Waals surface area contributed by atoms with E-state index >= 15 is 0 Å². The first kappa shape index (κ1) is 12.5. The zero-order valence-electron chi connectivity index (χ0n) is 10.8. The summed E-state index contributed by atoms with van der Waals surface area (Å²) in [5, 5.41) is 8.77. The van der Waals surface area contributed by atoms with Crippen LogP contribution in [0.1, 0.15) is 11.1 Å². The minimum Gasteiger partial charge on any atom is -0.374 e. The Hall–Kier alpha value is -2.48. The van der Waals surface area contributed by atoms with Crippen LogP contribution in [0.3, 0.4) is 0 Å². The molecule has 8 heteroatoms. The molecule has 0 fully saturated rings. The Morgan fingerprint density at radius 2 is 1.85 bits per heavy atom. The minimum absolute atomic E-state index is 0.348. The maximum Gasteiger partial charge on any atom is 0.314 e. The van der Waals surface area contributed by atoms with Crippen molar-refractivity contribution in [2.45, 2.75) is 13.8 Å². The van der Waals surface area contributed by atoms with Gasteiger partial charge in [-0.25, -0.2) is 0 Å². The van der Waals surface area contributed by atoms with Crippen molar-refractivity contribution < 1.29 is 0 Å². The molecule has 3 rings (SSSR count). The van der Waals surface area contributed by atoms with Crippen molar-refractivity contribution in [2.24, 2.45) is 0 Å². The van der Waals surface area contributed by atoms with Gasteiger partial charge < -0.3 is 15.7 Å². The van der Waals surface area contributed by atoms with Crippen molar-refractivity contribution in [2.75, 3.05) is 5.73 Å². The monoisotopic (exact) mass is 289 g/mol. The highest BCUT2D eigenvalue weighted by atomic mass is 32.1. The molecule has 0 saturated heterocycles. The largest absolute Gasteiger partial charge is 0.374 e. The third kappa shape index (κ3) is 1.81. The highest BCUT2D eigenvalue weighted by Crippen LogP contribution is 2.33. The molecule has 0 spiro atoms. The lowest BCUT2D eigenvalue weighted by Crippen LogP contribution is -2.29. The number of nitrogen functional groups attached to an aromatic ring is 1. The molecule has 0 atom stereocenters. The summed E-state index contributed by atoms with van der Waals surface area (Å²) in [5.41, 5.74) is 8.01. The molecule has 3 aromatic rings. The second-order valence-corrected chi connectivity index (χ2v) is 5.48. The predicted molar refractivity (Wildman–Crippen MR) is 78.0 cm³/mol. The van der Waals surface area contributed by atoms with Crippen molar-refractivity contribution in [3.8, 4) is 10.6 Å². The number of H-pyrrole nitrogens is 2. The van der Waals surface area contributed by atoms with Gasteiger partial charge in [0.25, 0.3) is 0 Å². The SMILES string of the molecule is Cc1cc2[nH]c(=O)c(=O)[nH]c2c(-c2nnc(N)s2)c1C. The average Bonchev–Trinajstić information content (AvgIpc) is 2.80. The van der Waals surface area contributed by atoms with Crippen LogP contribution in [0, 0.1) is 13.8 Å². The molecule has 7 nitrogen and oxygen atoms in total. The molecule has 2 aromatic heterocycles. The Kier molecular flexibility index (Phi) is 2.68. The van der Waals surface area contributed by atoms with Gasteiger partial charge in [-0.15, -0.1) is 10.2 Å². The molecular weight excluding hydrogens is 278 g/mol. The van der Waals surface area contributed by atoms with Crippen molar-refractivity contribution in [3.63, 3.8) is 0 Å². The van der Waals surface area contributed by atoms with E-state index in [0.29, 0.717) is 21.2 Å². The van der Waals surface area contributed by atoms with Crippen LogP contribution < -0.4 is 16.9 Å². The maximum absolute atomic E-state index is 11.6. The maximum atomic E-state index is 11.6. The Labute approximate surface area is 116 Å². The van der Waals surface area contributed by atoms with Crippen molar-refractivity contribution in [3.05, 3.63) is 37.9 Å². The van der Waals surface area contributed by atoms with Crippen LogP contribution in [-0.4, -0.2) is 20.2 Å². The number of fused-ring (bicyclic) bond motifs is 1. The molecular formula is C12H11N5O2S. The number of aromatic nitrogens is 4. The molecule has 2 heterocycles. The Bertz CT molecular complexity index is 937. The molecule has 0 saturated carbocycles. The van der Waals surface area contributed by atoms with Gasteiger partial charge in [-0.2, -0.15) is 0 Å². The van der Waals surface area contributed by atoms with E-state index in [9.17, 15) is 9.59 Å². The van der Waals surface area contributed by atoms with E-state index in [0.717, 1.165) is 16.7 Å². The smallest absolute Gasteiger partial charge is 0.314 e. The summed E-state index contributed by atoms with van der Waals surface area (Å²) in [6, 6.07) is 1.82. The van der Waals surface area contributed by atoms with Gasteiger partial charge in [0.2, 0.25) is 5.13 Å². The fourth-order valence-corrected chi connectivity index (χ4v) is 2.82. The summed E-state index contributed by atoms with van der Waals surface area (Å²) in [6.07, 6.45) is 0. The lowest BCUT2D eigenvalue weighted by Gasteiger charge is -2.09. The number of nitrogens with zero attached hydrogens (tertiary/aromatic N) is 2. The fourth-order valence-electron chi connectivity index (χ4n) is 2.10. The van der Waals surface area contributed by atoms with Gasteiger partial charge in [-0.3, -0.25) is 9.59 Å². The van der Waals surface area contributed by atoms with E-state index in [1.807, 2.05) is 19.9 Å². The van der Waals surface area contributed by atoms with Gasteiger partial charge in [0.05, 0.1) is 11.0 Å². The molecule has 0 aliphatic rings. The molecule has 0 aliphatic carbocycles. The number of nitrogens with one attached hydrogen (secondary N) is 2. The van der Waals surface area contributed by atoms with Crippen molar-refractivity contribution in [1.82, 2.24) is 20.2 Å². The number of hydrogen-bond acceptors (Lipinski definition) is 6. The molecule has 0 radical (unpaired) electrons. The van der Waals surface area contributed by atoms with E-state index in [2.05, 4.69) is 20.2 Å². The highest BCUT2D eigenvalue weighted by Gasteiger charge is 2.16. The van der Waals surface area contributed by atoms with Crippen LogP contribution in [0.2, 0.25) is 0 Å². The van der Waals surface area contributed by atoms with Crippen LogP contribution >= 0.6 is 11.3 Å². The third-order valence-electron chi connectivity index (χ3n) is 3.19. The molecule has 102 valence electrons. The summed E-state index contributed by atoms with van der Waals surface area (Å²) >= 11 is 1.23. The van der Waals surface area contributed by atoms with E-state index < -0.39 is 11.1 Å². The van der Waals surface area contributed by atoms with Gasteiger partial charge >= 0.3 is 11.1 Å². The topological polar surface area (TPSA) is 118 Å². The molecule has 0 bridgehead atoms. The lowest BCUT2D eigenvalue weighted by molar-refractivity contribution is 1.09. The van der Waals surface area contributed by atoms with E-state index in [4.69, 9.17) is 5.73 Å². The quantitative estimate of drug-likeness (QED) is 0.576. The number of anilines is 1. The molecule has 0 unspecified atom stereocenters. The normalized spacial score (nSPS) is 11.1. The van der Waals surface area contributed by atoms with E-state index in [1.54, 1.807) is 0 Å². The first-order valence-corrected chi connectivity index (χ1v) is 6.65. The molecule has 1 aromatic carbocycles. The number of aromatic amines is 2. The van der Waals surface area contributed by atoms with Crippen LogP contribution in [0.4, 0.5) is 5.13 Å². The Balaban J connectivity index is 2.51. The fraction of sp³-hybridized carbons (Fsp3) is 0.167. The summed E-state index contributed by atoms with van der Waals surface area (Å²) in [6.45, 7) is 3.84. The summed E-state index contributed by atoms with van der Waals surface area (Å²) in [4.78, 5) is 28.2. The first-order chi connectivity index (χ1) is 9.47. The van der Waals surface area contributed by atoms with Crippen LogP contribution in [0.25, 0.3) is 21.6 Å². The number of aryl methyl sites for hydroxylation is 1. The predicted octanol–water partition coefficient (Wildman–Crippen LogP) is 0.934. The van der Waals surface area contributed by atoms with Gasteiger partial charge in [0, 0.05) is 5.56 Å². The van der Waals surface area contributed by atoms with Crippen molar-refractivity contribution >= 4 is 27.5 Å². The molecule has 0 amide bonds. The van der Waals surface area contributed by atoms with Gasteiger partial charge in [0.1, 0.15) is 0 Å². The van der Waals surface area contributed by atoms with E-state index in [-0.39, 0.29) is 0 Å². The molecule has 0 aliphatic heterocycles. The van der Waals surface area contributed by atoms with E-state index in [1.165, 1.54) is 11.3 Å². The van der Waals surface area contributed by atoms with Crippen LogP contribution in [0.15, 0.2) is 15.7 Å². The second kappa shape index (κ2) is 4.27. The first-order valence-electron chi connectivity index (χ1n) is 5.83. The zero-order valence-corrected chi connectivity index (χ0v) is 11.6. The molecule has 20 heavy (non-hydrogen) atoms. The Morgan fingerprint density at radius 1 is 1.15 bits per heavy atom. The lowest BCUT2D eigenvalue weighted by atomic mass is 10.0. The zero-order chi connectivity index (χ0) is 14.4. The van der Waals surface area contributed by atoms with Crippen LogP contribution in [-0.2, 0) is 0 Å². The standard InChI is InChI=1S/C12H11N5O2S/c1-4-3-6-8(15-10(19)9(18)14-6)7(5(4)2)11-16-17-12(13)20-11/h3H,1-2H3,(H2,13,17)(H,14,18)(H,15,19). The second-order valence-electron chi connectivity index (χ2n) is 4.47. The van der Waals surface area contributed by atoms with Gasteiger partial charge in [-0.05, 0) is 31.0 Å². The Morgan fingerprint density at radius 3 is 2.50 bits per heavy atom. The summed E-state index contributed by atoms with van der Waals surface area (Å²) in [5.74, 6) is 0. The summed E-state index contributed by atoms with van der Waals surface area (Å²) in [7, 11) is 0. The number of rotatable bonds is 1. The van der Waals surface area contributed by atoms with Crippen molar-refractivity contribution in [1.29, 1.82) is 0 Å². The number of benzene rings is 1. The van der Waals surface area contributed by atoms with Gasteiger partial charge in [0.15, 0.2) is 5.01 Å².